The van der Waals surface area contributed by atoms with E-state index in [4.69, 9.17) is 47.4 Å². The average molecular weight is 817 g/mol. The van der Waals surface area contributed by atoms with Gasteiger partial charge < -0.3 is 47.4 Å². The van der Waals surface area contributed by atoms with Crippen LogP contribution in [0.2, 0.25) is 0 Å². The molecule has 4 unspecified atom stereocenters. The molecule has 0 saturated carbocycles. The molecule has 0 aromatic heterocycles. The zero-order valence-corrected chi connectivity index (χ0v) is 34.7. The summed E-state index contributed by atoms with van der Waals surface area (Å²) in [5.74, 6) is 4.73. The fourth-order valence-electron chi connectivity index (χ4n) is 6.81. The predicted molar refractivity (Wildman–Crippen MR) is 234 cm³/mol. The molecule has 6 aromatic rings. The van der Waals surface area contributed by atoms with Crippen molar-refractivity contribution in [3.05, 3.63) is 109 Å². The van der Waals surface area contributed by atoms with Gasteiger partial charge in [-0.05, 0) is 107 Å². The minimum atomic E-state index is -0.258. The maximum absolute atomic E-state index is 6.34. The first-order valence-corrected chi connectivity index (χ1v) is 21.4. The Kier molecular flexibility index (Phi) is 14.4. The van der Waals surface area contributed by atoms with Gasteiger partial charge >= 0.3 is 0 Å². The quantitative estimate of drug-likeness (QED) is 0.0389. The lowest BCUT2D eigenvalue weighted by atomic mass is 10.1. The Morgan fingerprint density at radius 3 is 1.27 bits per heavy atom. The molecule has 10 nitrogen and oxygen atoms in total. The molecule has 0 radical (unpaired) electrons. The number of unbranched alkanes of at least 4 members (excludes halogenated alkanes) is 2. The first-order valence-electron chi connectivity index (χ1n) is 21.4. The van der Waals surface area contributed by atoms with Gasteiger partial charge in [-0.25, -0.2) is 0 Å². The molecule has 4 atom stereocenters. The largest absolute Gasteiger partial charge is 0.491 e. The summed E-state index contributed by atoms with van der Waals surface area (Å²) < 4.78 is 60.3. The standard InChI is InChI=1S/C50H56O10/c1-3-5-21-51-43(29-55-41-17-19-47-36(23-41)9-7-11-49(47)59-33-45-31-57-45)27-53-39-15-13-35-14-16-40(26-38(35)25-39)54-28-44(52-22-6-4-2)30-56-42-18-20-48-37(24-42)10-8-12-50(48)60-34-46-32-58-46/h7-20,23-26,43-46H,3-6,21-22,27-34H2,1-2H3. The lowest BCUT2D eigenvalue weighted by Gasteiger charge is -2.20. The Labute approximate surface area is 352 Å². The summed E-state index contributed by atoms with van der Waals surface area (Å²) in [6.07, 6.45) is 3.91. The molecule has 2 heterocycles. The summed E-state index contributed by atoms with van der Waals surface area (Å²) >= 11 is 0. The molecule has 10 heteroatoms. The van der Waals surface area contributed by atoms with Crippen molar-refractivity contribution < 1.29 is 47.4 Å². The molecule has 60 heavy (non-hydrogen) atoms. The van der Waals surface area contributed by atoms with E-state index in [0.717, 1.165) is 106 Å². The maximum atomic E-state index is 6.34. The van der Waals surface area contributed by atoms with Gasteiger partial charge in [-0.3, -0.25) is 0 Å². The number of fused-ring (bicyclic) bond motifs is 3. The van der Waals surface area contributed by atoms with Gasteiger partial charge in [-0.1, -0.05) is 63.1 Å². The summed E-state index contributed by atoms with van der Waals surface area (Å²) in [6.45, 7) is 9.65. The van der Waals surface area contributed by atoms with Crippen molar-refractivity contribution in [2.45, 2.75) is 63.9 Å². The van der Waals surface area contributed by atoms with Crippen LogP contribution < -0.4 is 28.4 Å². The van der Waals surface area contributed by atoms with Gasteiger partial charge in [-0.2, -0.15) is 0 Å². The second-order valence-corrected chi connectivity index (χ2v) is 15.4. The smallest absolute Gasteiger partial charge is 0.127 e. The van der Waals surface area contributed by atoms with E-state index in [0.29, 0.717) is 52.9 Å². The van der Waals surface area contributed by atoms with Crippen molar-refractivity contribution in [2.75, 3.05) is 66.1 Å². The van der Waals surface area contributed by atoms with Crippen LogP contribution in [0.5, 0.6) is 34.5 Å². The highest BCUT2D eigenvalue weighted by molar-refractivity contribution is 5.90. The van der Waals surface area contributed by atoms with Gasteiger partial charge in [0.05, 0.1) is 13.2 Å². The SMILES string of the molecule is CCCCOC(COc1ccc2ccc(OCC(COc3ccc4c(OCC5CO5)cccc4c3)OCCCC)cc2c1)COc1ccc2c(OCC3CO3)cccc2c1. The summed E-state index contributed by atoms with van der Waals surface area (Å²) in [5.41, 5.74) is 0. The van der Waals surface area contributed by atoms with E-state index in [-0.39, 0.29) is 24.4 Å². The van der Waals surface area contributed by atoms with Crippen LogP contribution in [0.1, 0.15) is 39.5 Å². The van der Waals surface area contributed by atoms with Crippen LogP contribution in [-0.2, 0) is 18.9 Å². The highest BCUT2D eigenvalue weighted by Gasteiger charge is 2.24. The first-order chi connectivity index (χ1) is 29.6. The van der Waals surface area contributed by atoms with Crippen LogP contribution in [-0.4, -0.2) is 90.5 Å². The molecule has 0 spiro atoms. The Morgan fingerprint density at radius 1 is 0.467 bits per heavy atom. The average Bonchev–Trinajstić information content (AvgIpc) is 4.23. The summed E-state index contributed by atoms with van der Waals surface area (Å²) in [6, 6.07) is 36.4. The molecule has 0 aliphatic carbocycles. The molecular formula is C50H56O10. The molecule has 8 rings (SSSR count). The molecule has 2 aliphatic rings. The second-order valence-electron chi connectivity index (χ2n) is 15.4. The van der Waals surface area contributed by atoms with Gasteiger partial charge in [0, 0.05) is 24.0 Å². The molecule has 316 valence electrons. The van der Waals surface area contributed by atoms with Gasteiger partial charge in [0.25, 0.3) is 0 Å². The van der Waals surface area contributed by atoms with E-state index in [1.54, 1.807) is 0 Å². The van der Waals surface area contributed by atoms with Crippen molar-refractivity contribution in [1.29, 1.82) is 0 Å². The van der Waals surface area contributed by atoms with Gasteiger partial charge in [0.1, 0.15) is 98.6 Å². The predicted octanol–water partition coefficient (Wildman–Crippen LogP) is 9.99. The fraction of sp³-hybridized carbons (Fsp3) is 0.400. The number of epoxide rings is 2. The molecule has 2 aliphatic heterocycles. The first kappa shape index (κ1) is 41.5. The van der Waals surface area contributed by atoms with Crippen LogP contribution in [0, 0.1) is 0 Å². The van der Waals surface area contributed by atoms with Crippen LogP contribution in [0.3, 0.4) is 0 Å². The van der Waals surface area contributed by atoms with Gasteiger partial charge in [-0.15, -0.1) is 0 Å². The highest BCUT2D eigenvalue weighted by Crippen LogP contribution is 2.32. The van der Waals surface area contributed by atoms with Gasteiger partial charge in [0.2, 0.25) is 0 Å². The third-order valence-corrected chi connectivity index (χ3v) is 10.5. The zero-order valence-electron chi connectivity index (χ0n) is 34.7. The van der Waals surface area contributed by atoms with Crippen molar-refractivity contribution >= 4 is 32.3 Å². The van der Waals surface area contributed by atoms with E-state index in [1.807, 2.05) is 84.9 Å². The topological polar surface area (TPSA) is 98.9 Å². The minimum absolute atomic E-state index is 0.202. The Balaban J connectivity index is 0.863. The molecule has 6 aromatic carbocycles. The number of benzene rings is 6. The third-order valence-electron chi connectivity index (χ3n) is 10.5. The Hall–Kier alpha value is -5.26. The normalized spacial score (nSPS) is 16.7. The van der Waals surface area contributed by atoms with E-state index in [1.165, 1.54) is 0 Å². The van der Waals surface area contributed by atoms with Crippen LogP contribution in [0.15, 0.2) is 109 Å². The lowest BCUT2D eigenvalue weighted by molar-refractivity contribution is -0.00837. The van der Waals surface area contributed by atoms with Crippen LogP contribution >= 0.6 is 0 Å². The number of rotatable bonds is 26. The molecule has 2 saturated heterocycles. The Bertz CT molecular complexity index is 2130. The molecule has 0 N–H and O–H groups in total. The monoisotopic (exact) mass is 816 g/mol. The maximum Gasteiger partial charge on any atom is 0.127 e. The van der Waals surface area contributed by atoms with Crippen molar-refractivity contribution in [1.82, 2.24) is 0 Å². The minimum Gasteiger partial charge on any atom is -0.491 e. The number of hydrogen-bond acceptors (Lipinski definition) is 10. The molecule has 2 fully saturated rings. The van der Waals surface area contributed by atoms with Crippen molar-refractivity contribution in [3.8, 4) is 34.5 Å². The fourth-order valence-corrected chi connectivity index (χ4v) is 6.81. The molecule has 0 amide bonds. The van der Waals surface area contributed by atoms with E-state index in [9.17, 15) is 0 Å². The highest BCUT2D eigenvalue weighted by atomic mass is 16.6. The van der Waals surface area contributed by atoms with E-state index in [2.05, 4.69) is 38.1 Å². The summed E-state index contributed by atoms with van der Waals surface area (Å²) in [4.78, 5) is 0. The summed E-state index contributed by atoms with van der Waals surface area (Å²) in [7, 11) is 0. The van der Waals surface area contributed by atoms with E-state index < -0.39 is 0 Å². The van der Waals surface area contributed by atoms with Crippen molar-refractivity contribution in [2.24, 2.45) is 0 Å². The van der Waals surface area contributed by atoms with Crippen LogP contribution in [0.4, 0.5) is 0 Å². The number of ether oxygens (including phenoxy) is 10. The second kappa shape index (κ2) is 20.8. The summed E-state index contributed by atoms with van der Waals surface area (Å²) in [5, 5.41) is 6.29. The molecule has 0 bridgehead atoms. The number of hydrogen-bond donors (Lipinski definition) is 0. The van der Waals surface area contributed by atoms with E-state index >= 15 is 0 Å². The van der Waals surface area contributed by atoms with Crippen molar-refractivity contribution in [3.63, 3.8) is 0 Å². The van der Waals surface area contributed by atoms with Crippen LogP contribution in [0.25, 0.3) is 32.3 Å². The third kappa shape index (κ3) is 11.9. The lowest BCUT2D eigenvalue weighted by Crippen LogP contribution is -2.29. The Morgan fingerprint density at radius 2 is 0.867 bits per heavy atom. The molecular weight excluding hydrogens is 761 g/mol. The van der Waals surface area contributed by atoms with Gasteiger partial charge in [0.15, 0.2) is 0 Å². The zero-order chi connectivity index (χ0) is 40.9.